The number of aromatic nitrogens is 2. The highest BCUT2D eigenvalue weighted by atomic mass is 16.5. The SMILES string of the molecule is COc1cccc(C2CCN(c3ccc(-c4cn[nH]c4)c(OC)c3)C2=O)c1. The minimum atomic E-state index is -0.153. The van der Waals surface area contributed by atoms with Gasteiger partial charge >= 0.3 is 0 Å². The predicted molar refractivity (Wildman–Crippen MR) is 103 cm³/mol. The Morgan fingerprint density at radius 1 is 1.15 bits per heavy atom. The van der Waals surface area contributed by atoms with Gasteiger partial charge in [0.1, 0.15) is 11.5 Å². The van der Waals surface area contributed by atoms with Crippen molar-refractivity contribution in [3.05, 3.63) is 60.4 Å². The van der Waals surface area contributed by atoms with Crippen LogP contribution in [0.1, 0.15) is 17.9 Å². The van der Waals surface area contributed by atoms with Gasteiger partial charge in [-0.05, 0) is 36.2 Å². The number of hydrogen-bond acceptors (Lipinski definition) is 4. The number of nitrogens with zero attached hydrogens (tertiary/aromatic N) is 2. The summed E-state index contributed by atoms with van der Waals surface area (Å²) in [5.41, 5.74) is 3.71. The number of nitrogens with one attached hydrogen (secondary N) is 1. The van der Waals surface area contributed by atoms with Crippen LogP contribution in [0.15, 0.2) is 54.9 Å². The van der Waals surface area contributed by atoms with Crippen LogP contribution < -0.4 is 14.4 Å². The Kier molecular flexibility index (Phi) is 4.54. The lowest BCUT2D eigenvalue weighted by atomic mass is 9.97. The third-order valence-corrected chi connectivity index (χ3v) is 5.01. The van der Waals surface area contributed by atoms with Crippen LogP contribution in [-0.4, -0.2) is 36.9 Å². The van der Waals surface area contributed by atoms with Gasteiger partial charge in [0, 0.05) is 35.6 Å². The maximum atomic E-state index is 13.0. The largest absolute Gasteiger partial charge is 0.497 e. The van der Waals surface area contributed by atoms with Crippen molar-refractivity contribution in [3.8, 4) is 22.6 Å². The molecule has 1 amide bonds. The molecule has 0 saturated carbocycles. The number of H-pyrrole nitrogens is 1. The molecule has 27 heavy (non-hydrogen) atoms. The Balaban J connectivity index is 1.61. The third kappa shape index (κ3) is 3.14. The number of aromatic amines is 1. The van der Waals surface area contributed by atoms with E-state index in [4.69, 9.17) is 9.47 Å². The van der Waals surface area contributed by atoms with Crippen LogP contribution in [0.4, 0.5) is 5.69 Å². The van der Waals surface area contributed by atoms with E-state index in [-0.39, 0.29) is 11.8 Å². The first kappa shape index (κ1) is 17.1. The maximum Gasteiger partial charge on any atom is 0.234 e. The van der Waals surface area contributed by atoms with Gasteiger partial charge in [-0.2, -0.15) is 5.10 Å². The molecule has 1 N–H and O–H groups in total. The summed E-state index contributed by atoms with van der Waals surface area (Å²) in [4.78, 5) is 14.9. The average Bonchev–Trinajstić information content (AvgIpc) is 3.37. The number of rotatable bonds is 5. The quantitative estimate of drug-likeness (QED) is 0.752. The molecule has 1 saturated heterocycles. The molecule has 0 radical (unpaired) electrons. The van der Waals surface area contributed by atoms with Crippen molar-refractivity contribution in [1.29, 1.82) is 0 Å². The molecular formula is C21H21N3O3. The number of methoxy groups -OCH3 is 2. The molecule has 2 aromatic carbocycles. The zero-order valence-corrected chi connectivity index (χ0v) is 15.3. The van der Waals surface area contributed by atoms with E-state index in [0.717, 1.165) is 34.5 Å². The van der Waals surface area contributed by atoms with Crippen LogP contribution in [0.3, 0.4) is 0 Å². The van der Waals surface area contributed by atoms with Gasteiger partial charge < -0.3 is 14.4 Å². The fourth-order valence-corrected chi connectivity index (χ4v) is 3.59. The molecule has 1 aliphatic heterocycles. The molecule has 1 aliphatic rings. The van der Waals surface area contributed by atoms with Crippen molar-refractivity contribution in [3.63, 3.8) is 0 Å². The molecule has 0 bridgehead atoms. The third-order valence-electron chi connectivity index (χ3n) is 5.01. The van der Waals surface area contributed by atoms with E-state index < -0.39 is 0 Å². The van der Waals surface area contributed by atoms with E-state index in [1.807, 2.05) is 53.6 Å². The summed E-state index contributed by atoms with van der Waals surface area (Å²) in [5.74, 6) is 1.43. The van der Waals surface area contributed by atoms with Crippen LogP contribution in [0, 0.1) is 0 Å². The fraction of sp³-hybridized carbons (Fsp3) is 0.238. The number of carbonyl (C=O) groups is 1. The van der Waals surface area contributed by atoms with E-state index >= 15 is 0 Å². The monoisotopic (exact) mass is 363 g/mol. The second-order valence-corrected chi connectivity index (χ2v) is 6.48. The number of carbonyl (C=O) groups excluding carboxylic acids is 1. The number of ether oxygens (including phenoxy) is 2. The lowest BCUT2D eigenvalue weighted by Crippen LogP contribution is -2.26. The molecule has 1 fully saturated rings. The minimum Gasteiger partial charge on any atom is -0.497 e. The lowest BCUT2D eigenvalue weighted by molar-refractivity contribution is -0.118. The Morgan fingerprint density at radius 3 is 2.78 bits per heavy atom. The van der Waals surface area contributed by atoms with Gasteiger partial charge in [-0.15, -0.1) is 0 Å². The minimum absolute atomic E-state index is 0.0985. The van der Waals surface area contributed by atoms with Crippen molar-refractivity contribution >= 4 is 11.6 Å². The first-order valence-electron chi connectivity index (χ1n) is 8.84. The summed E-state index contributed by atoms with van der Waals surface area (Å²) in [6.07, 6.45) is 4.34. The van der Waals surface area contributed by atoms with Crippen LogP contribution >= 0.6 is 0 Å². The second-order valence-electron chi connectivity index (χ2n) is 6.48. The van der Waals surface area contributed by atoms with Gasteiger partial charge in [0.15, 0.2) is 0 Å². The summed E-state index contributed by atoms with van der Waals surface area (Å²) in [6.45, 7) is 0.676. The number of anilines is 1. The van der Waals surface area contributed by atoms with Crippen molar-refractivity contribution in [1.82, 2.24) is 10.2 Å². The van der Waals surface area contributed by atoms with Crippen LogP contribution in [-0.2, 0) is 4.79 Å². The van der Waals surface area contributed by atoms with Gasteiger partial charge in [0.25, 0.3) is 0 Å². The van der Waals surface area contributed by atoms with E-state index in [2.05, 4.69) is 10.2 Å². The molecule has 2 heterocycles. The van der Waals surface area contributed by atoms with Gasteiger partial charge in [-0.1, -0.05) is 12.1 Å². The standard InChI is InChI=1S/C21H21N3O3/c1-26-17-5-3-4-14(10-17)19-8-9-24(21(19)25)16-6-7-18(20(11-16)27-2)15-12-22-23-13-15/h3-7,10-13,19H,8-9H2,1-2H3,(H,22,23). The second kappa shape index (κ2) is 7.15. The van der Waals surface area contributed by atoms with Gasteiger partial charge in [-0.25, -0.2) is 0 Å². The molecule has 6 heteroatoms. The summed E-state index contributed by atoms with van der Waals surface area (Å²) in [5, 5.41) is 6.80. The Bertz CT molecular complexity index is 953. The Hall–Kier alpha value is -3.28. The molecule has 138 valence electrons. The highest BCUT2D eigenvalue weighted by molar-refractivity contribution is 6.00. The summed E-state index contributed by atoms with van der Waals surface area (Å²) < 4.78 is 10.8. The highest BCUT2D eigenvalue weighted by Gasteiger charge is 2.34. The van der Waals surface area contributed by atoms with Crippen LogP contribution in [0.25, 0.3) is 11.1 Å². The van der Waals surface area contributed by atoms with E-state index in [9.17, 15) is 4.79 Å². The zero-order chi connectivity index (χ0) is 18.8. The molecule has 1 aromatic heterocycles. The number of hydrogen-bond donors (Lipinski definition) is 1. The molecule has 3 aromatic rings. The molecular weight excluding hydrogens is 342 g/mol. The molecule has 4 rings (SSSR count). The van der Waals surface area contributed by atoms with Crippen molar-refractivity contribution in [2.24, 2.45) is 0 Å². The molecule has 1 unspecified atom stereocenters. The van der Waals surface area contributed by atoms with E-state index in [1.54, 1.807) is 20.4 Å². The molecule has 6 nitrogen and oxygen atoms in total. The van der Waals surface area contributed by atoms with Crippen molar-refractivity contribution in [2.75, 3.05) is 25.7 Å². The van der Waals surface area contributed by atoms with Crippen molar-refractivity contribution in [2.45, 2.75) is 12.3 Å². The van der Waals surface area contributed by atoms with Gasteiger partial charge in [0.2, 0.25) is 5.91 Å². The highest BCUT2D eigenvalue weighted by Crippen LogP contribution is 2.37. The molecule has 0 aliphatic carbocycles. The van der Waals surface area contributed by atoms with Gasteiger partial charge in [-0.3, -0.25) is 9.89 Å². The van der Waals surface area contributed by atoms with E-state index in [0.29, 0.717) is 12.3 Å². The number of benzene rings is 2. The summed E-state index contributed by atoms with van der Waals surface area (Å²) in [6, 6.07) is 13.6. The maximum absolute atomic E-state index is 13.0. The normalized spacial score (nSPS) is 16.6. The fourth-order valence-electron chi connectivity index (χ4n) is 3.59. The Labute approximate surface area is 157 Å². The van der Waals surface area contributed by atoms with Crippen molar-refractivity contribution < 1.29 is 14.3 Å². The topological polar surface area (TPSA) is 67.4 Å². The summed E-state index contributed by atoms with van der Waals surface area (Å²) >= 11 is 0. The average molecular weight is 363 g/mol. The number of amides is 1. The van der Waals surface area contributed by atoms with Crippen LogP contribution in [0.2, 0.25) is 0 Å². The Morgan fingerprint density at radius 2 is 2.04 bits per heavy atom. The smallest absolute Gasteiger partial charge is 0.234 e. The molecule has 1 atom stereocenters. The van der Waals surface area contributed by atoms with Crippen LogP contribution in [0.5, 0.6) is 11.5 Å². The van der Waals surface area contributed by atoms with E-state index in [1.165, 1.54) is 0 Å². The van der Waals surface area contributed by atoms with Gasteiger partial charge in [0.05, 0.1) is 26.3 Å². The first-order chi connectivity index (χ1) is 13.2. The summed E-state index contributed by atoms with van der Waals surface area (Å²) in [7, 11) is 3.27. The predicted octanol–water partition coefficient (Wildman–Crippen LogP) is 3.61. The zero-order valence-electron chi connectivity index (χ0n) is 15.3. The first-order valence-corrected chi connectivity index (χ1v) is 8.84. The molecule has 0 spiro atoms. The lowest BCUT2D eigenvalue weighted by Gasteiger charge is -2.19.